The van der Waals surface area contributed by atoms with Gasteiger partial charge in [0.1, 0.15) is 25.7 Å². The average molecular weight is 476 g/mol. The van der Waals surface area contributed by atoms with E-state index in [2.05, 4.69) is 38.4 Å². The Balaban J connectivity index is 2.36. The molecular weight excluding hydrogens is 441 g/mol. The van der Waals surface area contributed by atoms with E-state index in [1.54, 1.807) is 6.08 Å². The van der Waals surface area contributed by atoms with E-state index in [0.717, 1.165) is 0 Å². The molecule has 0 spiro atoms. The highest BCUT2D eigenvalue weighted by Crippen LogP contribution is 2.55. The highest BCUT2D eigenvalue weighted by molar-refractivity contribution is 7.57. The van der Waals surface area contributed by atoms with Gasteiger partial charge in [-0.1, -0.05) is 0 Å². The maximum Gasteiger partial charge on any atom is 0.353 e. The van der Waals surface area contributed by atoms with Crippen molar-refractivity contribution in [3.63, 3.8) is 0 Å². The van der Waals surface area contributed by atoms with Gasteiger partial charge in [0.15, 0.2) is 0 Å². The Labute approximate surface area is 188 Å². The Morgan fingerprint density at radius 1 is 1.32 bits per heavy atom. The molecule has 0 aliphatic carbocycles. The summed E-state index contributed by atoms with van der Waals surface area (Å²) in [6.07, 6.45) is 1.78. The Kier molecular flexibility index (Phi) is 10.2. The van der Waals surface area contributed by atoms with Gasteiger partial charge in [0.2, 0.25) is 0 Å². The number of rotatable bonds is 12. The van der Waals surface area contributed by atoms with E-state index in [0.29, 0.717) is 13.0 Å². The van der Waals surface area contributed by atoms with E-state index in [1.165, 1.54) is 20.0 Å². The summed E-state index contributed by atoms with van der Waals surface area (Å²) in [6, 6.07) is 2.23. The second-order valence-electron chi connectivity index (χ2n) is 8.16. The predicted molar refractivity (Wildman–Crippen MR) is 121 cm³/mol. The van der Waals surface area contributed by atoms with E-state index >= 15 is 0 Å². The summed E-state index contributed by atoms with van der Waals surface area (Å²) in [6.45, 7) is 9.11. The largest absolute Gasteiger partial charge is 0.373 e. The van der Waals surface area contributed by atoms with Crippen molar-refractivity contribution in [3.8, 4) is 6.07 Å². The molecular formula is C19H35BN2O7P2. The van der Waals surface area contributed by atoms with E-state index in [9.17, 15) is 4.57 Å². The third-order valence-corrected chi connectivity index (χ3v) is 9.01. The number of hydrogen-bond donors (Lipinski definition) is 0. The van der Waals surface area contributed by atoms with E-state index in [4.69, 9.17) is 32.8 Å². The van der Waals surface area contributed by atoms with Gasteiger partial charge < -0.3 is 27.6 Å². The fraction of sp³-hybridized carbons (Fsp3) is 0.842. The first-order valence-electron chi connectivity index (χ1n) is 10.6. The van der Waals surface area contributed by atoms with Gasteiger partial charge in [-0.25, -0.2) is 4.67 Å². The molecule has 9 nitrogen and oxygen atoms in total. The molecule has 31 heavy (non-hydrogen) atoms. The molecule has 2 rings (SSSR count). The van der Waals surface area contributed by atoms with Crippen LogP contribution in [0, 0.1) is 11.3 Å². The van der Waals surface area contributed by atoms with Gasteiger partial charge in [-0.3, -0.25) is 4.57 Å². The Morgan fingerprint density at radius 2 is 1.97 bits per heavy atom. The number of nitrogens with zero attached hydrogens (tertiary/aromatic N) is 2. The maximum atomic E-state index is 12.6. The molecule has 176 valence electrons. The van der Waals surface area contributed by atoms with E-state index < -0.39 is 27.8 Å². The SMILES string of the molecule is B[C@@H]1O[C@@]2(/C=C/P(=O)(OC)OC)CCO[C@@H]1C2OP(OCCC#N)N(C(C)C)C(C)C. The van der Waals surface area contributed by atoms with Crippen LogP contribution < -0.4 is 0 Å². The Hall–Kier alpha value is -0.325. The molecule has 5 atom stereocenters. The number of fused-ring (bicyclic) bond motifs is 2. The molecule has 0 saturated carbocycles. The van der Waals surface area contributed by atoms with Crippen molar-refractivity contribution < 1.29 is 32.1 Å². The second kappa shape index (κ2) is 11.7. The summed E-state index contributed by atoms with van der Waals surface area (Å²) < 4.78 is 49.9. The molecule has 12 heteroatoms. The minimum absolute atomic E-state index is 0.169. The highest BCUT2D eigenvalue weighted by Gasteiger charge is 2.58. The minimum Gasteiger partial charge on any atom is -0.373 e. The molecule has 2 aliphatic rings. The molecule has 2 saturated heterocycles. The lowest BCUT2D eigenvalue weighted by Gasteiger charge is -2.42. The monoisotopic (exact) mass is 476 g/mol. The van der Waals surface area contributed by atoms with Crippen molar-refractivity contribution in [3.05, 3.63) is 11.9 Å². The summed E-state index contributed by atoms with van der Waals surface area (Å²) in [5.41, 5.74) is -0.839. The van der Waals surface area contributed by atoms with Gasteiger partial charge in [-0.05, 0) is 33.8 Å². The first-order chi connectivity index (χ1) is 14.6. The molecule has 2 bridgehead atoms. The third-order valence-electron chi connectivity index (χ3n) is 5.37. The van der Waals surface area contributed by atoms with Gasteiger partial charge in [0.05, 0.1) is 31.7 Å². The Bertz CT molecular complexity index is 689. The van der Waals surface area contributed by atoms with Crippen LogP contribution in [-0.2, 0) is 32.1 Å². The van der Waals surface area contributed by atoms with Crippen LogP contribution in [0.25, 0.3) is 0 Å². The smallest absolute Gasteiger partial charge is 0.353 e. The zero-order valence-electron chi connectivity index (χ0n) is 19.5. The van der Waals surface area contributed by atoms with Crippen molar-refractivity contribution in [1.82, 2.24) is 4.67 Å². The van der Waals surface area contributed by atoms with Crippen molar-refractivity contribution in [2.24, 2.45) is 0 Å². The highest BCUT2D eigenvalue weighted by atomic mass is 31.2. The molecule has 0 amide bonds. The zero-order valence-corrected chi connectivity index (χ0v) is 21.3. The normalized spacial score (nSPS) is 29.9. The molecule has 2 unspecified atom stereocenters. The lowest BCUT2D eigenvalue weighted by molar-refractivity contribution is -0.0856. The first-order valence-corrected chi connectivity index (χ1v) is 13.3. The minimum atomic E-state index is -3.37. The molecule has 2 aliphatic heterocycles. The maximum absolute atomic E-state index is 12.6. The Morgan fingerprint density at radius 3 is 2.52 bits per heavy atom. The first kappa shape index (κ1) is 26.9. The topological polar surface area (TPSA) is 99.5 Å². The molecule has 0 radical (unpaired) electrons. The molecule has 2 heterocycles. The quantitative estimate of drug-likeness (QED) is 0.239. The van der Waals surface area contributed by atoms with Gasteiger partial charge in [0.25, 0.3) is 8.53 Å². The number of nitriles is 1. The summed E-state index contributed by atoms with van der Waals surface area (Å²) in [7, 11) is -0.230. The van der Waals surface area contributed by atoms with Crippen LogP contribution in [-0.4, -0.2) is 75.8 Å². The second-order valence-corrected chi connectivity index (χ2v) is 11.7. The molecule has 0 aromatic rings. The molecule has 0 aromatic heterocycles. The van der Waals surface area contributed by atoms with Crippen molar-refractivity contribution in [1.29, 1.82) is 5.26 Å². The molecule has 2 fully saturated rings. The lowest BCUT2D eigenvalue weighted by Crippen LogP contribution is -2.50. The van der Waals surface area contributed by atoms with E-state index in [1.807, 2.05) is 7.85 Å². The van der Waals surface area contributed by atoms with Gasteiger partial charge in [-0.2, -0.15) is 5.26 Å². The predicted octanol–water partition coefficient (Wildman–Crippen LogP) is 3.16. The van der Waals surface area contributed by atoms with Crippen LogP contribution >= 0.6 is 16.1 Å². The third kappa shape index (κ3) is 6.38. The standard InChI is InChI=1S/C19H35BN2O7P2/c1-14(2)22(15(3)4)30(27-11-7-10-21)29-17-16-18(20)28-19(17,8-12-26-16)9-13-31(23,24-5)25-6/h9,13-18H,7-8,11-12,20H2,1-6H3/b13-9+/t16-,17?,18-,19-,30?/m1/s1. The van der Waals surface area contributed by atoms with Crippen LogP contribution in [0.2, 0.25) is 0 Å². The van der Waals surface area contributed by atoms with Crippen LogP contribution in [0.1, 0.15) is 40.5 Å². The summed E-state index contributed by atoms with van der Waals surface area (Å²) in [4.78, 5) is 0. The van der Waals surface area contributed by atoms with Crippen LogP contribution in [0.4, 0.5) is 0 Å². The van der Waals surface area contributed by atoms with Crippen molar-refractivity contribution in [2.45, 2.75) is 76.4 Å². The van der Waals surface area contributed by atoms with Gasteiger partial charge in [0, 0.05) is 38.5 Å². The van der Waals surface area contributed by atoms with E-state index in [-0.39, 0.29) is 37.2 Å². The van der Waals surface area contributed by atoms with Gasteiger partial charge in [-0.15, -0.1) is 0 Å². The number of ether oxygens (including phenoxy) is 2. The number of hydrogen-bond acceptors (Lipinski definition) is 9. The molecule has 0 aromatic carbocycles. The summed E-state index contributed by atoms with van der Waals surface area (Å²) in [5.74, 6) is 1.44. The van der Waals surface area contributed by atoms with Gasteiger partial charge >= 0.3 is 7.60 Å². The van der Waals surface area contributed by atoms with Crippen LogP contribution in [0.15, 0.2) is 11.9 Å². The van der Waals surface area contributed by atoms with Crippen LogP contribution in [0.5, 0.6) is 0 Å². The van der Waals surface area contributed by atoms with Crippen molar-refractivity contribution in [2.75, 3.05) is 27.4 Å². The average Bonchev–Trinajstić information content (AvgIpc) is 2.86. The summed E-state index contributed by atoms with van der Waals surface area (Å²) in [5, 5.41) is 8.94. The fourth-order valence-electron chi connectivity index (χ4n) is 3.95. The molecule has 0 N–H and O–H groups in total. The fourth-order valence-corrected chi connectivity index (χ4v) is 6.58. The zero-order chi connectivity index (χ0) is 23.2. The summed E-state index contributed by atoms with van der Waals surface area (Å²) >= 11 is 0. The van der Waals surface area contributed by atoms with Crippen molar-refractivity contribution >= 4 is 24.0 Å². The lowest BCUT2D eigenvalue weighted by atomic mass is 9.85. The van der Waals surface area contributed by atoms with Crippen LogP contribution in [0.3, 0.4) is 0 Å².